The Labute approximate surface area is 216 Å². The van der Waals surface area contributed by atoms with Crippen LogP contribution >= 0.6 is 0 Å². The number of rotatable bonds is 7. The van der Waals surface area contributed by atoms with Gasteiger partial charge in [0.1, 0.15) is 11.5 Å². The van der Waals surface area contributed by atoms with Gasteiger partial charge in [-0.3, -0.25) is 4.72 Å². The van der Waals surface area contributed by atoms with Gasteiger partial charge in [0, 0.05) is 22.7 Å². The summed E-state index contributed by atoms with van der Waals surface area (Å²) in [4.78, 5) is 8.52. The van der Waals surface area contributed by atoms with Gasteiger partial charge in [-0.2, -0.15) is 21.6 Å². The Kier molecular flexibility index (Phi) is 6.97. The summed E-state index contributed by atoms with van der Waals surface area (Å²) >= 11 is 0. The van der Waals surface area contributed by atoms with Crippen molar-refractivity contribution in [2.24, 2.45) is 0 Å². The highest BCUT2D eigenvalue weighted by molar-refractivity contribution is 7.93. The topological polar surface area (TPSA) is 141 Å². The van der Waals surface area contributed by atoms with E-state index in [1.807, 2.05) is 0 Å². The first-order valence-electron chi connectivity index (χ1n) is 10.9. The third-order valence-corrected chi connectivity index (χ3v) is 8.52. The lowest BCUT2D eigenvalue weighted by atomic mass is 10.0. The van der Waals surface area contributed by atoms with Crippen molar-refractivity contribution in [3.8, 4) is 28.1 Å². The maximum atomic E-state index is 12.9. The predicted octanol–water partition coefficient (Wildman–Crippen LogP) is 4.61. The van der Waals surface area contributed by atoms with Crippen molar-refractivity contribution in [3.63, 3.8) is 0 Å². The first-order chi connectivity index (χ1) is 17.8. The molecule has 200 valence electrons. The van der Waals surface area contributed by atoms with Crippen molar-refractivity contribution in [3.05, 3.63) is 60.8 Å². The number of nitrogen functional groups attached to an aromatic ring is 1. The second-order valence-electron chi connectivity index (χ2n) is 8.09. The van der Waals surface area contributed by atoms with E-state index in [1.54, 1.807) is 43.3 Å². The van der Waals surface area contributed by atoms with Crippen LogP contribution in [0.3, 0.4) is 0 Å². The number of alkyl halides is 3. The van der Waals surface area contributed by atoms with E-state index in [1.165, 1.54) is 29.1 Å². The zero-order valence-electron chi connectivity index (χ0n) is 19.9. The fraction of sp³-hybridized carbons (Fsp3) is 0.167. The summed E-state index contributed by atoms with van der Waals surface area (Å²) in [5.74, 6) is -0.159. The van der Waals surface area contributed by atoms with Gasteiger partial charge >= 0.3 is 15.5 Å². The summed E-state index contributed by atoms with van der Waals surface area (Å²) in [7, 11) is -7.93. The summed E-state index contributed by atoms with van der Waals surface area (Å²) < 4.78 is 92.6. The Morgan fingerprint density at radius 1 is 0.947 bits per heavy atom. The molecule has 2 heterocycles. The van der Waals surface area contributed by atoms with Crippen molar-refractivity contribution in [2.75, 3.05) is 23.3 Å². The number of nitrogens with zero attached hydrogens (tertiary/aromatic N) is 2. The molecule has 0 radical (unpaired) electrons. The standard InChI is InChI=1S/C24H21F3N4O5S2/c1-3-37(32,33)18-7-4-14(5-8-18)19-11-16-10-15(6-9-20(16)30-22(19)28)17-12-21(23(36-2)29-13-17)31-38(34,35)24(25,26)27/h4-13,31H,3H2,1-2H3,(H2,28,30). The second kappa shape index (κ2) is 9.76. The summed E-state index contributed by atoms with van der Waals surface area (Å²) in [6.07, 6.45) is 1.32. The zero-order chi connectivity index (χ0) is 27.9. The molecule has 9 nitrogen and oxygen atoms in total. The number of fused-ring (bicyclic) bond motifs is 1. The number of ether oxygens (including phenoxy) is 1. The average molecular weight is 567 g/mol. The lowest BCUT2D eigenvalue weighted by molar-refractivity contribution is -0.0429. The Bertz CT molecular complexity index is 1740. The number of nitrogens with two attached hydrogens (primary N) is 1. The molecule has 2 aromatic carbocycles. The molecule has 0 spiro atoms. The minimum Gasteiger partial charge on any atom is -0.480 e. The van der Waals surface area contributed by atoms with Gasteiger partial charge < -0.3 is 10.5 Å². The van der Waals surface area contributed by atoms with Crippen LogP contribution in [0.25, 0.3) is 33.2 Å². The average Bonchev–Trinajstić information content (AvgIpc) is 2.87. The minimum absolute atomic E-state index is 0.0334. The highest BCUT2D eigenvalue weighted by Gasteiger charge is 2.46. The highest BCUT2D eigenvalue weighted by Crippen LogP contribution is 2.35. The molecule has 0 aliphatic carbocycles. The van der Waals surface area contributed by atoms with E-state index < -0.39 is 31.1 Å². The van der Waals surface area contributed by atoms with Gasteiger partial charge in [-0.1, -0.05) is 25.1 Å². The molecule has 4 rings (SSSR count). The molecule has 0 aliphatic rings. The Hall–Kier alpha value is -3.91. The van der Waals surface area contributed by atoms with Crippen LogP contribution in [0.5, 0.6) is 5.88 Å². The van der Waals surface area contributed by atoms with Crippen LogP contribution in [0.1, 0.15) is 6.92 Å². The SMILES string of the molecule is CCS(=O)(=O)c1ccc(-c2cc3cc(-c4cnc(OC)c(NS(=O)(=O)C(F)(F)F)c4)ccc3nc2N)cc1. The first kappa shape index (κ1) is 27.1. The fourth-order valence-corrected chi connectivity index (χ4v) is 5.09. The molecule has 0 fully saturated rings. The first-order valence-corrected chi connectivity index (χ1v) is 14.1. The lowest BCUT2D eigenvalue weighted by Gasteiger charge is -2.14. The maximum Gasteiger partial charge on any atom is 0.516 e. The van der Waals surface area contributed by atoms with E-state index in [9.17, 15) is 30.0 Å². The normalized spacial score (nSPS) is 12.4. The van der Waals surface area contributed by atoms with Gasteiger partial charge in [0.05, 0.1) is 23.3 Å². The number of aromatic nitrogens is 2. The maximum absolute atomic E-state index is 12.9. The third kappa shape index (κ3) is 5.22. The fourth-order valence-electron chi connectivity index (χ4n) is 3.66. The number of nitrogens with one attached hydrogen (secondary N) is 1. The zero-order valence-corrected chi connectivity index (χ0v) is 21.6. The largest absolute Gasteiger partial charge is 0.516 e. The van der Waals surface area contributed by atoms with Gasteiger partial charge in [-0.05, 0) is 47.5 Å². The molecule has 14 heteroatoms. The van der Waals surface area contributed by atoms with Crippen molar-refractivity contribution in [1.82, 2.24) is 9.97 Å². The highest BCUT2D eigenvalue weighted by atomic mass is 32.2. The second-order valence-corrected chi connectivity index (χ2v) is 12.0. The van der Waals surface area contributed by atoms with Crippen LogP contribution in [-0.2, 0) is 19.9 Å². The van der Waals surface area contributed by atoms with Gasteiger partial charge in [0.15, 0.2) is 9.84 Å². The summed E-state index contributed by atoms with van der Waals surface area (Å²) in [5, 5.41) is 0.616. The van der Waals surface area contributed by atoms with Crippen LogP contribution in [0, 0.1) is 0 Å². The van der Waals surface area contributed by atoms with Crippen molar-refractivity contribution in [2.45, 2.75) is 17.3 Å². The van der Waals surface area contributed by atoms with E-state index >= 15 is 0 Å². The van der Waals surface area contributed by atoms with E-state index in [2.05, 4.69) is 9.97 Å². The van der Waals surface area contributed by atoms with Crippen LogP contribution in [0.15, 0.2) is 65.7 Å². The number of benzene rings is 2. The molecule has 0 atom stereocenters. The van der Waals surface area contributed by atoms with E-state index in [0.29, 0.717) is 33.2 Å². The van der Waals surface area contributed by atoms with Crippen LogP contribution < -0.4 is 15.2 Å². The number of hydrogen-bond acceptors (Lipinski definition) is 8. The smallest absolute Gasteiger partial charge is 0.480 e. The molecule has 0 saturated heterocycles. The number of halogens is 3. The van der Waals surface area contributed by atoms with Crippen molar-refractivity contribution in [1.29, 1.82) is 0 Å². The molecule has 38 heavy (non-hydrogen) atoms. The Morgan fingerprint density at radius 3 is 2.21 bits per heavy atom. The number of anilines is 2. The van der Waals surface area contributed by atoms with Crippen molar-refractivity contribution >= 4 is 42.3 Å². The molecule has 0 unspecified atom stereocenters. The van der Waals surface area contributed by atoms with Crippen LogP contribution in [0.2, 0.25) is 0 Å². The summed E-state index contributed by atoms with van der Waals surface area (Å²) in [5.41, 5.74) is 2.65. The van der Waals surface area contributed by atoms with E-state index in [0.717, 1.165) is 7.11 Å². The number of hydrogen-bond donors (Lipinski definition) is 2. The number of methoxy groups -OCH3 is 1. The Balaban J connectivity index is 1.76. The lowest BCUT2D eigenvalue weighted by Crippen LogP contribution is -2.30. The molecule has 0 saturated carbocycles. The van der Waals surface area contributed by atoms with Crippen molar-refractivity contribution < 1.29 is 34.7 Å². The quantitative estimate of drug-likeness (QED) is 0.330. The Morgan fingerprint density at radius 2 is 1.61 bits per heavy atom. The van der Waals surface area contributed by atoms with Crippen LogP contribution in [0.4, 0.5) is 24.7 Å². The molecule has 0 aliphatic heterocycles. The molecule has 3 N–H and O–H groups in total. The van der Waals surface area contributed by atoms with E-state index in [-0.39, 0.29) is 22.3 Å². The molecule has 0 amide bonds. The van der Waals surface area contributed by atoms with E-state index in [4.69, 9.17) is 10.5 Å². The summed E-state index contributed by atoms with van der Waals surface area (Å²) in [6, 6.07) is 14.1. The number of sulfonamides is 1. The number of pyridine rings is 2. The molecule has 2 aromatic heterocycles. The minimum atomic E-state index is -5.70. The van der Waals surface area contributed by atoms with Gasteiger partial charge in [0.2, 0.25) is 5.88 Å². The van der Waals surface area contributed by atoms with Gasteiger partial charge in [-0.25, -0.2) is 18.4 Å². The molecule has 0 bridgehead atoms. The third-order valence-electron chi connectivity index (χ3n) is 5.68. The van der Waals surface area contributed by atoms with Gasteiger partial charge in [-0.15, -0.1) is 0 Å². The predicted molar refractivity (Wildman–Crippen MR) is 138 cm³/mol. The number of sulfone groups is 1. The monoisotopic (exact) mass is 566 g/mol. The van der Waals surface area contributed by atoms with Gasteiger partial charge in [0.25, 0.3) is 0 Å². The molecular formula is C24H21F3N4O5S2. The summed E-state index contributed by atoms with van der Waals surface area (Å²) in [6.45, 7) is 1.55. The molecular weight excluding hydrogens is 545 g/mol. The van der Waals surface area contributed by atoms with Crippen LogP contribution in [-0.4, -0.2) is 45.2 Å². The molecule has 4 aromatic rings.